The predicted molar refractivity (Wildman–Crippen MR) is 229 cm³/mol. The summed E-state index contributed by atoms with van der Waals surface area (Å²) in [7, 11) is 3.82. The zero-order chi connectivity index (χ0) is 45.1. The number of esters is 2. The number of benzene rings is 2. The monoisotopic (exact) mass is 863 g/mol. The first-order chi connectivity index (χ1) is 29.3. The Kier molecular flexibility index (Phi) is 14.8. The Morgan fingerprint density at radius 2 is 1.61 bits per heavy atom. The second-order valence-electron chi connectivity index (χ2n) is 18.2. The minimum Gasteiger partial charge on any atom is -0.458 e. The lowest BCUT2D eigenvalue weighted by Crippen LogP contribution is -2.61. The SMILES string of the molecule is CC[C@H]1OC(=O)[C@H](C)[C@H]2OC/C(=N/Oc3ccc(-c4ccccc4)cc3)CO[C@](C)(C[C@@H](C)C(=O)[C@H](C)[C@H]3NC(=O)O[C@@]31C)[C@H](OC1O[C@H](C)C[C@H](N(C)C)[C@H]1OC(C)=O)[C@H]2C. The highest BCUT2D eigenvalue weighted by Gasteiger charge is 2.58. The fourth-order valence-corrected chi connectivity index (χ4v) is 9.86. The number of nitrogens with zero attached hydrogens (tertiary/aromatic N) is 2. The second kappa shape index (κ2) is 19.5. The first kappa shape index (κ1) is 47.1. The Bertz CT molecular complexity index is 1930. The van der Waals surface area contributed by atoms with Crippen molar-refractivity contribution in [1.29, 1.82) is 0 Å². The van der Waals surface area contributed by atoms with Crippen LogP contribution in [-0.2, 0) is 47.5 Å². The molecule has 2 bridgehead atoms. The van der Waals surface area contributed by atoms with Crippen molar-refractivity contribution in [3.05, 3.63) is 54.6 Å². The summed E-state index contributed by atoms with van der Waals surface area (Å²) >= 11 is 0. The number of hydrogen-bond donors (Lipinski definition) is 1. The zero-order valence-electron chi connectivity index (χ0n) is 38.0. The molecule has 1 N–H and O–H groups in total. The molecule has 0 radical (unpaired) electrons. The van der Waals surface area contributed by atoms with Crippen LogP contribution in [0.4, 0.5) is 4.79 Å². The average Bonchev–Trinajstić information content (AvgIpc) is 3.57. The molecular weight excluding hydrogens is 799 g/mol. The summed E-state index contributed by atoms with van der Waals surface area (Å²) in [5.41, 5.74) is -0.177. The minimum absolute atomic E-state index is 0.0860. The first-order valence-corrected chi connectivity index (χ1v) is 21.9. The van der Waals surface area contributed by atoms with Crippen LogP contribution in [0.1, 0.15) is 81.6 Å². The summed E-state index contributed by atoms with van der Waals surface area (Å²) in [4.78, 5) is 62.6. The van der Waals surface area contributed by atoms with Gasteiger partial charge in [0.15, 0.2) is 23.7 Å². The molecule has 1 amide bonds. The van der Waals surface area contributed by atoms with Crippen molar-refractivity contribution in [2.45, 2.75) is 142 Å². The molecule has 6 rings (SSSR count). The maximum Gasteiger partial charge on any atom is 0.408 e. The summed E-state index contributed by atoms with van der Waals surface area (Å²) in [6, 6.07) is 16.5. The standard InChI is InChI=1S/C47H65N3O12/c1-12-37-47(9)41(48-45(54)61-47)28(4)38(52)26(2)23-46(8)42(60-44-40(58-31(7)51)36(50(10)11)22-27(3)57-44)29(5)39(30(6)43(53)59-37)55-24-34(25-56-46)49-62-35-20-18-33(19-21-35)32-16-14-13-15-17-32/h13-21,26-30,36-37,39-42,44H,12,22-25H2,1-11H3,(H,48,54)/b49-34-/t26-,27-,28+,29+,30-,36+,37-,39+,40-,41-,42-,44?,46-,47-/m1/s1. The van der Waals surface area contributed by atoms with Crippen molar-refractivity contribution < 1.29 is 57.2 Å². The molecule has 0 aromatic heterocycles. The Morgan fingerprint density at radius 3 is 2.26 bits per heavy atom. The molecule has 4 heterocycles. The molecule has 15 nitrogen and oxygen atoms in total. The summed E-state index contributed by atoms with van der Waals surface area (Å²) < 4.78 is 45.3. The van der Waals surface area contributed by atoms with Gasteiger partial charge in [-0.05, 0) is 84.3 Å². The van der Waals surface area contributed by atoms with Crippen LogP contribution in [0.2, 0.25) is 0 Å². The molecule has 0 spiro atoms. The van der Waals surface area contributed by atoms with Crippen LogP contribution in [0.3, 0.4) is 0 Å². The number of Topliss-reactive ketones (excluding diaryl/α,β-unsaturated/α-hetero) is 1. The number of amides is 1. The van der Waals surface area contributed by atoms with Gasteiger partial charge in [0, 0.05) is 24.7 Å². The van der Waals surface area contributed by atoms with Crippen molar-refractivity contribution >= 4 is 29.5 Å². The van der Waals surface area contributed by atoms with E-state index in [1.807, 2.05) is 108 Å². The quantitative estimate of drug-likeness (QED) is 0.177. The smallest absolute Gasteiger partial charge is 0.408 e. The molecule has 4 saturated heterocycles. The van der Waals surface area contributed by atoms with E-state index in [2.05, 4.69) is 10.5 Å². The highest BCUT2D eigenvalue weighted by molar-refractivity contribution is 5.87. The van der Waals surface area contributed by atoms with Crippen LogP contribution in [0.5, 0.6) is 5.75 Å². The van der Waals surface area contributed by atoms with E-state index in [9.17, 15) is 19.2 Å². The number of fused-ring (bicyclic) bond motifs is 4. The van der Waals surface area contributed by atoms with E-state index in [1.165, 1.54) is 6.92 Å². The Balaban J connectivity index is 1.43. The van der Waals surface area contributed by atoms with Crippen LogP contribution in [0, 0.1) is 23.7 Å². The number of oxime groups is 1. The number of hydrogen-bond acceptors (Lipinski definition) is 14. The number of alkyl carbamates (subject to hydrolysis) is 1. The van der Waals surface area contributed by atoms with Gasteiger partial charge in [0.05, 0.1) is 55.1 Å². The number of cyclic esters (lactones) is 1. The van der Waals surface area contributed by atoms with Gasteiger partial charge in [-0.15, -0.1) is 0 Å². The number of carbonyl (C=O) groups excluding carboxylic acids is 4. The van der Waals surface area contributed by atoms with E-state index in [0.717, 1.165) is 11.1 Å². The molecule has 15 heteroatoms. The maximum atomic E-state index is 14.6. The number of nitrogens with one attached hydrogen (secondary N) is 1. The van der Waals surface area contributed by atoms with Crippen LogP contribution < -0.4 is 10.2 Å². The van der Waals surface area contributed by atoms with E-state index in [1.54, 1.807) is 20.8 Å². The molecule has 4 fully saturated rings. The molecule has 2 aromatic rings. The molecule has 4 aliphatic rings. The molecule has 0 saturated carbocycles. The third-order valence-corrected chi connectivity index (χ3v) is 13.2. The molecule has 340 valence electrons. The van der Waals surface area contributed by atoms with Gasteiger partial charge in [-0.2, -0.15) is 0 Å². The van der Waals surface area contributed by atoms with E-state index in [0.29, 0.717) is 24.3 Å². The lowest BCUT2D eigenvalue weighted by atomic mass is 9.73. The number of ketones is 1. The number of carbonyl (C=O) groups is 4. The summed E-state index contributed by atoms with van der Waals surface area (Å²) in [6.45, 7) is 15.7. The molecule has 62 heavy (non-hydrogen) atoms. The van der Waals surface area contributed by atoms with E-state index >= 15 is 0 Å². The Labute approximate surface area is 365 Å². The lowest BCUT2D eigenvalue weighted by Gasteiger charge is -2.49. The van der Waals surface area contributed by atoms with Crippen molar-refractivity contribution in [3.63, 3.8) is 0 Å². The largest absolute Gasteiger partial charge is 0.458 e. The van der Waals surface area contributed by atoms with Gasteiger partial charge in [-0.25, -0.2) is 4.79 Å². The topological polar surface area (TPSA) is 170 Å². The first-order valence-electron chi connectivity index (χ1n) is 21.9. The van der Waals surface area contributed by atoms with Crippen LogP contribution in [-0.4, -0.2) is 122 Å². The van der Waals surface area contributed by atoms with Crippen LogP contribution in [0.15, 0.2) is 59.8 Å². The van der Waals surface area contributed by atoms with Gasteiger partial charge in [0.2, 0.25) is 0 Å². The minimum atomic E-state index is -1.35. The van der Waals surface area contributed by atoms with Gasteiger partial charge < -0.3 is 48.2 Å². The van der Waals surface area contributed by atoms with Crippen molar-refractivity contribution in [3.8, 4) is 16.9 Å². The third kappa shape index (κ3) is 10.2. The molecule has 2 aromatic carbocycles. The van der Waals surface area contributed by atoms with Crippen molar-refractivity contribution in [2.24, 2.45) is 28.8 Å². The predicted octanol–water partition coefficient (Wildman–Crippen LogP) is 6.35. The van der Waals surface area contributed by atoms with Crippen molar-refractivity contribution in [2.75, 3.05) is 27.3 Å². The average molecular weight is 864 g/mol. The molecule has 14 atom stereocenters. The summed E-state index contributed by atoms with van der Waals surface area (Å²) in [5.74, 6) is -3.70. The van der Waals surface area contributed by atoms with E-state index < -0.39 is 89.7 Å². The van der Waals surface area contributed by atoms with Gasteiger partial charge in [-0.1, -0.05) is 75.3 Å². The van der Waals surface area contributed by atoms with E-state index in [-0.39, 0.29) is 37.6 Å². The van der Waals surface area contributed by atoms with Gasteiger partial charge in [-0.3, -0.25) is 14.4 Å². The second-order valence-corrected chi connectivity index (χ2v) is 18.2. The maximum absolute atomic E-state index is 14.6. The highest BCUT2D eigenvalue weighted by atomic mass is 16.7. The van der Waals surface area contributed by atoms with Crippen LogP contribution >= 0.6 is 0 Å². The fraction of sp³-hybridized carbons (Fsp3) is 0.638. The summed E-state index contributed by atoms with van der Waals surface area (Å²) in [6.07, 6.45) is -4.57. The van der Waals surface area contributed by atoms with Gasteiger partial charge in [0.1, 0.15) is 17.6 Å². The third-order valence-electron chi connectivity index (χ3n) is 13.2. The number of likely N-dealkylation sites (N-methyl/N-ethyl adjacent to an activating group) is 1. The Hall–Kier alpha value is -4.41. The normalized spacial score (nSPS) is 37.8. The molecule has 1 unspecified atom stereocenters. The van der Waals surface area contributed by atoms with Crippen LogP contribution in [0.25, 0.3) is 11.1 Å². The van der Waals surface area contributed by atoms with Crippen molar-refractivity contribution in [1.82, 2.24) is 10.2 Å². The molecule has 0 aliphatic carbocycles. The number of ether oxygens (including phenoxy) is 7. The summed E-state index contributed by atoms with van der Waals surface area (Å²) in [5, 5.41) is 7.37. The van der Waals surface area contributed by atoms with E-state index in [4.69, 9.17) is 38.0 Å². The molecular formula is C47H65N3O12. The Morgan fingerprint density at radius 1 is 0.935 bits per heavy atom. The fourth-order valence-electron chi connectivity index (χ4n) is 9.86. The molecule has 4 aliphatic heterocycles. The zero-order valence-corrected chi connectivity index (χ0v) is 38.0. The van der Waals surface area contributed by atoms with Gasteiger partial charge >= 0.3 is 18.0 Å². The number of rotatable bonds is 8. The highest BCUT2D eigenvalue weighted by Crippen LogP contribution is 2.42. The van der Waals surface area contributed by atoms with Gasteiger partial charge in [0.25, 0.3) is 0 Å². The lowest BCUT2D eigenvalue weighted by molar-refractivity contribution is -0.304.